The van der Waals surface area contributed by atoms with E-state index in [2.05, 4.69) is 38.2 Å². The van der Waals surface area contributed by atoms with Crippen molar-refractivity contribution in [1.29, 1.82) is 0 Å². The van der Waals surface area contributed by atoms with Crippen molar-refractivity contribution in [1.82, 2.24) is 0 Å². The fraction of sp³-hybridized carbons (Fsp3) is 0.837. The number of carboxylic acid groups (broad SMARTS) is 1. The number of esters is 2. The molecule has 51 heavy (non-hydrogen) atoms. The van der Waals surface area contributed by atoms with Crippen molar-refractivity contribution in [2.75, 3.05) is 41.0 Å². The number of rotatable bonds is 37. The zero-order valence-corrected chi connectivity index (χ0v) is 33.8. The number of hydrogen-bond acceptors (Lipinski definition) is 6. The lowest BCUT2D eigenvalue weighted by Crippen LogP contribution is -2.50. The first-order valence-corrected chi connectivity index (χ1v) is 20.9. The van der Waals surface area contributed by atoms with Crippen LogP contribution in [0.2, 0.25) is 0 Å². The summed E-state index contributed by atoms with van der Waals surface area (Å²) in [5.41, 5.74) is 0. The van der Waals surface area contributed by atoms with Gasteiger partial charge in [0.15, 0.2) is 12.1 Å². The van der Waals surface area contributed by atoms with E-state index in [-0.39, 0.29) is 36.2 Å². The van der Waals surface area contributed by atoms with Crippen molar-refractivity contribution < 1.29 is 38.2 Å². The summed E-state index contributed by atoms with van der Waals surface area (Å²) in [4.78, 5) is 36.9. The van der Waals surface area contributed by atoms with Crippen molar-refractivity contribution in [3.05, 3.63) is 24.3 Å². The Hall–Kier alpha value is -2.19. The molecule has 2 atom stereocenters. The molecule has 0 aliphatic heterocycles. The van der Waals surface area contributed by atoms with Gasteiger partial charge >= 0.3 is 17.9 Å². The predicted octanol–water partition coefficient (Wildman–Crippen LogP) is 10.9. The van der Waals surface area contributed by atoms with Gasteiger partial charge < -0.3 is 23.8 Å². The molecule has 0 saturated heterocycles. The summed E-state index contributed by atoms with van der Waals surface area (Å²) in [5, 5.41) is 9.60. The van der Waals surface area contributed by atoms with Crippen LogP contribution in [0.15, 0.2) is 24.3 Å². The van der Waals surface area contributed by atoms with Crippen LogP contribution >= 0.6 is 0 Å². The van der Waals surface area contributed by atoms with E-state index in [0.717, 1.165) is 64.2 Å². The average Bonchev–Trinajstić information content (AvgIpc) is 3.08. The van der Waals surface area contributed by atoms with Crippen LogP contribution in [0.3, 0.4) is 0 Å². The van der Waals surface area contributed by atoms with Gasteiger partial charge in [0.25, 0.3) is 0 Å². The second-order valence-electron chi connectivity index (χ2n) is 15.2. The van der Waals surface area contributed by atoms with Crippen LogP contribution < -0.4 is 0 Å². The van der Waals surface area contributed by atoms with Gasteiger partial charge in [0.1, 0.15) is 6.61 Å². The van der Waals surface area contributed by atoms with Gasteiger partial charge in [0, 0.05) is 19.3 Å². The third kappa shape index (κ3) is 33.4. The second kappa shape index (κ2) is 34.9. The standard InChI is InChI=1S/C43H79NO7/c1-6-8-10-12-14-16-18-20-22-24-26-28-30-32-34-42(46)51-39(37-49-36-35-40(43(47)48)44(3,4)5)38-50-41(45)33-31-29-27-25-23-21-19-17-15-13-11-9-7-2/h17-20,39-40H,6-16,21-38H2,1-5H3/p+1/b19-17-,20-18-. The lowest BCUT2D eigenvalue weighted by Gasteiger charge is -2.31. The number of carboxylic acids is 1. The fourth-order valence-electron chi connectivity index (χ4n) is 6.02. The molecule has 8 nitrogen and oxygen atoms in total. The second-order valence-corrected chi connectivity index (χ2v) is 15.2. The summed E-state index contributed by atoms with van der Waals surface area (Å²) < 4.78 is 17.2. The maximum absolute atomic E-state index is 12.7. The molecule has 8 heteroatoms. The minimum Gasteiger partial charge on any atom is -0.477 e. The SMILES string of the molecule is CCCCCC/C=C\CCCCCCCC(=O)OCC(COCCC(C(=O)O)[N+](C)(C)C)OC(=O)CCCCCCC/C=C\CCCCCCC. The Labute approximate surface area is 313 Å². The highest BCUT2D eigenvalue weighted by molar-refractivity contribution is 5.72. The minimum absolute atomic E-state index is 0.0562. The largest absolute Gasteiger partial charge is 0.477 e. The van der Waals surface area contributed by atoms with Gasteiger partial charge in [0.2, 0.25) is 0 Å². The lowest BCUT2D eigenvalue weighted by atomic mass is 10.1. The van der Waals surface area contributed by atoms with Crippen molar-refractivity contribution in [2.45, 2.75) is 193 Å². The molecule has 0 fully saturated rings. The Balaban J connectivity index is 4.40. The summed E-state index contributed by atoms with van der Waals surface area (Å²) >= 11 is 0. The zero-order chi connectivity index (χ0) is 37.8. The molecule has 0 aromatic carbocycles. The predicted molar refractivity (Wildman–Crippen MR) is 211 cm³/mol. The summed E-state index contributed by atoms with van der Waals surface area (Å²) in [7, 11) is 5.52. The zero-order valence-electron chi connectivity index (χ0n) is 33.8. The van der Waals surface area contributed by atoms with E-state index in [4.69, 9.17) is 14.2 Å². The number of hydrogen-bond donors (Lipinski definition) is 1. The summed E-state index contributed by atoms with van der Waals surface area (Å²) in [5.74, 6) is -1.49. The first-order valence-electron chi connectivity index (χ1n) is 20.9. The Morgan fingerprint density at radius 2 is 0.980 bits per heavy atom. The lowest BCUT2D eigenvalue weighted by molar-refractivity contribution is -0.887. The molecule has 0 spiro atoms. The molecule has 0 radical (unpaired) electrons. The highest BCUT2D eigenvalue weighted by Gasteiger charge is 2.31. The molecule has 298 valence electrons. The van der Waals surface area contributed by atoms with Crippen molar-refractivity contribution in [3.63, 3.8) is 0 Å². The van der Waals surface area contributed by atoms with Crippen LogP contribution in [0.25, 0.3) is 0 Å². The van der Waals surface area contributed by atoms with Crippen LogP contribution in [0.1, 0.15) is 181 Å². The van der Waals surface area contributed by atoms with Crippen molar-refractivity contribution in [2.24, 2.45) is 0 Å². The molecule has 0 saturated carbocycles. The Morgan fingerprint density at radius 1 is 0.569 bits per heavy atom. The number of ether oxygens (including phenoxy) is 3. The molecule has 0 amide bonds. The molecular weight excluding hydrogens is 642 g/mol. The van der Waals surface area contributed by atoms with E-state index in [1.54, 1.807) is 0 Å². The Morgan fingerprint density at radius 3 is 1.43 bits per heavy atom. The van der Waals surface area contributed by atoms with Gasteiger partial charge in [0.05, 0.1) is 34.4 Å². The highest BCUT2D eigenvalue weighted by Crippen LogP contribution is 2.13. The summed E-state index contributed by atoms with van der Waals surface area (Å²) in [6.07, 6.45) is 36.4. The fourth-order valence-corrected chi connectivity index (χ4v) is 6.02. The van der Waals surface area contributed by atoms with E-state index in [0.29, 0.717) is 19.3 Å². The molecule has 0 aliphatic carbocycles. The van der Waals surface area contributed by atoms with Crippen LogP contribution in [-0.4, -0.2) is 80.6 Å². The van der Waals surface area contributed by atoms with Gasteiger partial charge in [-0.25, -0.2) is 4.79 Å². The van der Waals surface area contributed by atoms with Crippen LogP contribution in [0.5, 0.6) is 0 Å². The molecule has 0 aromatic rings. The number of nitrogens with zero attached hydrogens (tertiary/aromatic N) is 1. The maximum atomic E-state index is 12.7. The molecule has 1 N–H and O–H groups in total. The number of allylic oxidation sites excluding steroid dienone is 4. The molecule has 0 bridgehead atoms. The molecule has 2 unspecified atom stereocenters. The van der Waals surface area contributed by atoms with Crippen molar-refractivity contribution in [3.8, 4) is 0 Å². The monoisotopic (exact) mass is 723 g/mol. The van der Waals surface area contributed by atoms with Gasteiger partial charge in [-0.05, 0) is 64.2 Å². The van der Waals surface area contributed by atoms with E-state index in [1.807, 2.05) is 21.1 Å². The van der Waals surface area contributed by atoms with Crippen LogP contribution in [0, 0.1) is 0 Å². The molecule has 0 aromatic heterocycles. The number of carbonyl (C=O) groups is 3. The molecule has 0 aliphatic rings. The topological polar surface area (TPSA) is 99.1 Å². The van der Waals surface area contributed by atoms with Gasteiger partial charge in [-0.1, -0.05) is 122 Å². The average molecular weight is 723 g/mol. The quantitative estimate of drug-likeness (QED) is 0.0295. The first-order chi connectivity index (χ1) is 24.6. The minimum atomic E-state index is -0.877. The van der Waals surface area contributed by atoms with E-state index in [1.165, 1.54) is 83.5 Å². The maximum Gasteiger partial charge on any atom is 0.362 e. The third-order valence-corrected chi connectivity index (χ3v) is 9.32. The van der Waals surface area contributed by atoms with E-state index in [9.17, 15) is 19.5 Å². The summed E-state index contributed by atoms with van der Waals surface area (Å²) in [6.45, 7) is 4.69. The Kier molecular flexibility index (Phi) is 33.4. The van der Waals surface area contributed by atoms with E-state index >= 15 is 0 Å². The number of likely N-dealkylation sites (N-methyl/N-ethyl adjacent to an activating group) is 1. The van der Waals surface area contributed by atoms with E-state index < -0.39 is 18.1 Å². The molecule has 0 rings (SSSR count). The summed E-state index contributed by atoms with van der Waals surface area (Å²) in [6, 6.07) is -0.614. The normalized spacial score (nSPS) is 13.2. The first kappa shape index (κ1) is 48.8. The molecule has 0 heterocycles. The number of aliphatic carboxylic acids is 1. The van der Waals surface area contributed by atoms with Crippen LogP contribution in [0.4, 0.5) is 0 Å². The van der Waals surface area contributed by atoms with Gasteiger partial charge in [-0.2, -0.15) is 0 Å². The number of carbonyl (C=O) groups excluding carboxylic acids is 2. The number of quaternary nitrogens is 1. The Bertz CT molecular complexity index is 895. The van der Waals surface area contributed by atoms with Crippen LogP contribution in [-0.2, 0) is 28.6 Å². The number of unbranched alkanes of at least 4 members (excludes halogenated alkanes) is 19. The van der Waals surface area contributed by atoms with Crippen molar-refractivity contribution >= 4 is 17.9 Å². The third-order valence-electron chi connectivity index (χ3n) is 9.32. The smallest absolute Gasteiger partial charge is 0.362 e. The van der Waals surface area contributed by atoms with Gasteiger partial charge in [-0.15, -0.1) is 0 Å². The highest BCUT2D eigenvalue weighted by atomic mass is 16.6. The molecular formula is C43H80NO7+. The van der Waals surface area contributed by atoms with Gasteiger partial charge in [-0.3, -0.25) is 9.59 Å².